The lowest BCUT2D eigenvalue weighted by atomic mass is 10.0. The minimum atomic E-state index is 0.366. The van der Waals surface area contributed by atoms with E-state index in [9.17, 15) is 0 Å². The molecule has 2 rings (SSSR count). The molecule has 5 heteroatoms. The van der Waals surface area contributed by atoms with Crippen molar-refractivity contribution in [3.63, 3.8) is 0 Å². The standard InChI is InChI=1S/C16H22ClN3S/c1-3-18-16(13-4-6-14(17)7-5-13)8-9-20(2)10-15-11-21-12-19-15/h4-7,11-12,16,18H,3,8-10H2,1-2H3. The molecule has 1 unspecified atom stereocenters. The zero-order valence-corrected chi connectivity index (χ0v) is 14.1. The van der Waals surface area contributed by atoms with E-state index in [2.05, 4.69) is 46.7 Å². The second-order valence-electron chi connectivity index (χ2n) is 5.17. The molecule has 21 heavy (non-hydrogen) atoms. The van der Waals surface area contributed by atoms with Gasteiger partial charge in [0.15, 0.2) is 0 Å². The highest BCUT2D eigenvalue weighted by Gasteiger charge is 2.12. The lowest BCUT2D eigenvalue weighted by Crippen LogP contribution is -2.27. The molecule has 0 fully saturated rings. The van der Waals surface area contributed by atoms with Crippen LogP contribution in [0.5, 0.6) is 0 Å². The van der Waals surface area contributed by atoms with Crippen molar-refractivity contribution in [2.45, 2.75) is 25.9 Å². The molecular formula is C16H22ClN3S. The lowest BCUT2D eigenvalue weighted by Gasteiger charge is -2.22. The predicted molar refractivity (Wildman–Crippen MR) is 90.9 cm³/mol. The topological polar surface area (TPSA) is 28.2 Å². The monoisotopic (exact) mass is 323 g/mol. The smallest absolute Gasteiger partial charge is 0.0795 e. The zero-order valence-electron chi connectivity index (χ0n) is 12.6. The van der Waals surface area contributed by atoms with Gasteiger partial charge in [-0.1, -0.05) is 30.7 Å². The number of benzene rings is 1. The molecule has 0 saturated carbocycles. The molecule has 0 amide bonds. The summed E-state index contributed by atoms with van der Waals surface area (Å²) in [7, 11) is 2.14. The molecule has 0 aliphatic heterocycles. The predicted octanol–water partition coefficient (Wildman–Crippen LogP) is 3.97. The van der Waals surface area contributed by atoms with E-state index in [4.69, 9.17) is 11.6 Å². The van der Waals surface area contributed by atoms with Crippen LogP contribution < -0.4 is 5.32 Å². The Morgan fingerprint density at radius 3 is 2.71 bits per heavy atom. The quantitative estimate of drug-likeness (QED) is 0.796. The second-order valence-corrected chi connectivity index (χ2v) is 6.32. The van der Waals surface area contributed by atoms with Crippen LogP contribution in [0.1, 0.15) is 30.6 Å². The molecule has 1 aromatic heterocycles. The van der Waals surface area contributed by atoms with E-state index < -0.39 is 0 Å². The summed E-state index contributed by atoms with van der Waals surface area (Å²) in [5.41, 5.74) is 4.33. The van der Waals surface area contributed by atoms with Crippen LogP contribution in [0.2, 0.25) is 5.02 Å². The van der Waals surface area contributed by atoms with Crippen molar-refractivity contribution >= 4 is 22.9 Å². The molecule has 1 aromatic carbocycles. The summed E-state index contributed by atoms with van der Waals surface area (Å²) in [6, 6.07) is 8.50. The largest absolute Gasteiger partial charge is 0.310 e. The van der Waals surface area contributed by atoms with Gasteiger partial charge in [0.05, 0.1) is 11.2 Å². The molecule has 0 spiro atoms. The highest BCUT2D eigenvalue weighted by Crippen LogP contribution is 2.20. The highest BCUT2D eigenvalue weighted by atomic mass is 35.5. The van der Waals surface area contributed by atoms with Crippen LogP contribution in [0.25, 0.3) is 0 Å². The third-order valence-electron chi connectivity index (χ3n) is 3.44. The normalized spacial score (nSPS) is 12.8. The minimum absolute atomic E-state index is 0.366. The number of rotatable bonds is 8. The molecule has 0 radical (unpaired) electrons. The average molecular weight is 324 g/mol. The highest BCUT2D eigenvalue weighted by molar-refractivity contribution is 7.07. The van der Waals surface area contributed by atoms with E-state index >= 15 is 0 Å². The summed E-state index contributed by atoms with van der Waals surface area (Å²) in [6.45, 7) is 5.03. The third-order valence-corrected chi connectivity index (χ3v) is 4.33. The van der Waals surface area contributed by atoms with Gasteiger partial charge in [-0.2, -0.15) is 0 Å². The van der Waals surface area contributed by atoms with Gasteiger partial charge in [-0.3, -0.25) is 0 Å². The van der Waals surface area contributed by atoms with Gasteiger partial charge < -0.3 is 10.2 Å². The molecular weight excluding hydrogens is 302 g/mol. The molecule has 1 heterocycles. The van der Waals surface area contributed by atoms with Gasteiger partial charge in [0.2, 0.25) is 0 Å². The summed E-state index contributed by atoms with van der Waals surface area (Å²) in [6.07, 6.45) is 1.07. The first-order chi connectivity index (χ1) is 10.2. The van der Waals surface area contributed by atoms with Crippen LogP contribution in [0.3, 0.4) is 0 Å². The van der Waals surface area contributed by atoms with E-state index in [0.29, 0.717) is 6.04 Å². The number of nitrogens with one attached hydrogen (secondary N) is 1. The van der Waals surface area contributed by atoms with Gasteiger partial charge in [0, 0.05) is 29.5 Å². The lowest BCUT2D eigenvalue weighted by molar-refractivity contribution is 0.299. The van der Waals surface area contributed by atoms with E-state index in [1.54, 1.807) is 11.3 Å². The Bertz CT molecular complexity index is 513. The van der Waals surface area contributed by atoms with E-state index in [-0.39, 0.29) is 0 Å². The number of halogens is 1. The number of hydrogen-bond acceptors (Lipinski definition) is 4. The van der Waals surface area contributed by atoms with Crippen LogP contribution in [-0.2, 0) is 6.54 Å². The van der Waals surface area contributed by atoms with Crippen molar-refractivity contribution in [1.29, 1.82) is 0 Å². The maximum atomic E-state index is 5.97. The summed E-state index contributed by atoms with van der Waals surface area (Å²) in [5.74, 6) is 0. The van der Waals surface area contributed by atoms with Crippen molar-refractivity contribution in [3.8, 4) is 0 Å². The molecule has 3 nitrogen and oxygen atoms in total. The summed E-state index contributed by atoms with van der Waals surface area (Å²) >= 11 is 7.62. The molecule has 1 atom stereocenters. The third kappa shape index (κ3) is 5.40. The molecule has 2 aromatic rings. The number of thiazole rings is 1. The SMILES string of the molecule is CCNC(CCN(C)Cc1cscn1)c1ccc(Cl)cc1. The Morgan fingerprint density at radius 1 is 1.33 bits per heavy atom. The van der Waals surface area contributed by atoms with Gasteiger partial charge in [0.25, 0.3) is 0 Å². The van der Waals surface area contributed by atoms with Gasteiger partial charge in [-0.15, -0.1) is 11.3 Å². The van der Waals surface area contributed by atoms with Crippen LogP contribution in [0.4, 0.5) is 0 Å². The number of aromatic nitrogens is 1. The summed E-state index contributed by atoms with van der Waals surface area (Å²) < 4.78 is 0. The molecule has 0 bridgehead atoms. The number of hydrogen-bond donors (Lipinski definition) is 1. The van der Waals surface area contributed by atoms with Crippen molar-refractivity contribution in [1.82, 2.24) is 15.2 Å². The Kier molecular flexibility index (Phi) is 6.64. The Hall–Kier alpha value is -0.940. The maximum Gasteiger partial charge on any atom is 0.0795 e. The van der Waals surface area contributed by atoms with Gasteiger partial charge in [-0.05, 0) is 37.7 Å². The van der Waals surface area contributed by atoms with Gasteiger partial charge in [0.1, 0.15) is 0 Å². The molecule has 0 aliphatic carbocycles. The fourth-order valence-corrected chi connectivity index (χ4v) is 3.02. The van der Waals surface area contributed by atoms with Crippen molar-refractivity contribution in [2.75, 3.05) is 20.1 Å². The minimum Gasteiger partial charge on any atom is -0.310 e. The van der Waals surface area contributed by atoms with Crippen LogP contribution in [0.15, 0.2) is 35.2 Å². The molecule has 0 aliphatic rings. The first kappa shape index (κ1) is 16.4. The van der Waals surface area contributed by atoms with E-state index in [1.165, 1.54) is 5.56 Å². The van der Waals surface area contributed by atoms with Gasteiger partial charge in [-0.25, -0.2) is 4.98 Å². The second kappa shape index (κ2) is 8.49. The Balaban J connectivity index is 1.88. The molecule has 1 N–H and O–H groups in total. The van der Waals surface area contributed by atoms with E-state index in [0.717, 1.165) is 36.8 Å². The maximum absolute atomic E-state index is 5.97. The fraction of sp³-hybridized carbons (Fsp3) is 0.438. The van der Waals surface area contributed by atoms with Crippen molar-refractivity contribution in [3.05, 3.63) is 51.4 Å². The zero-order chi connectivity index (χ0) is 15.1. The van der Waals surface area contributed by atoms with Crippen LogP contribution >= 0.6 is 22.9 Å². The summed E-state index contributed by atoms with van der Waals surface area (Å²) in [4.78, 5) is 6.65. The van der Waals surface area contributed by atoms with Crippen molar-refractivity contribution < 1.29 is 0 Å². The number of nitrogens with zero attached hydrogens (tertiary/aromatic N) is 2. The molecule has 114 valence electrons. The summed E-state index contributed by atoms with van der Waals surface area (Å²) in [5, 5.41) is 6.44. The molecule has 0 saturated heterocycles. The van der Waals surface area contributed by atoms with Gasteiger partial charge >= 0.3 is 0 Å². The first-order valence-corrected chi connectivity index (χ1v) is 8.55. The van der Waals surface area contributed by atoms with Crippen LogP contribution in [-0.4, -0.2) is 30.0 Å². The Labute approximate surface area is 136 Å². The first-order valence-electron chi connectivity index (χ1n) is 7.23. The van der Waals surface area contributed by atoms with E-state index in [1.807, 2.05) is 17.6 Å². The van der Waals surface area contributed by atoms with Crippen LogP contribution in [0, 0.1) is 0 Å². The average Bonchev–Trinajstić information content (AvgIpc) is 2.97. The fourth-order valence-electron chi connectivity index (χ4n) is 2.35. The Morgan fingerprint density at radius 2 is 2.10 bits per heavy atom. The van der Waals surface area contributed by atoms with Crippen molar-refractivity contribution in [2.24, 2.45) is 0 Å².